The van der Waals surface area contributed by atoms with Crippen molar-refractivity contribution < 1.29 is 9.90 Å². The first-order chi connectivity index (χ1) is 6.37. The van der Waals surface area contributed by atoms with E-state index < -0.39 is 5.60 Å². The van der Waals surface area contributed by atoms with Crippen LogP contribution >= 0.6 is 0 Å². The second-order valence-corrected chi connectivity index (χ2v) is 4.41. The third kappa shape index (κ3) is 6.86. The van der Waals surface area contributed by atoms with E-state index in [1.165, 1.54) is 0 Å². The third-order valence-electron chi connectivity index (χ3n) is 1.89. The van der Waals surface area contributed by atoms with Crippen LogP contribution in [0, 0.1) is 5.92 Å². The standard InChI is InChI=1S/C10H22N2O2/c1-8(2)6-10(3,14)7-12-9(13)4-5-11/h8,14H,4-7,11H2,1-3H3,(H,12,13). The summed E-state index contributed by atoms with van der Waals surface area (Å²) in [6.07, 6.45) is 0.994. The molecule has 0 rings (SSSR count). The Labute approximate surface area is 85.9 Å². The van der Waals surface area contributed by atoms with Crippen LogP contribution in [0.5, 0.6) is 0 Å². The van der Waals surface area contributed by atoms with E-state index in [-0.39, 0.29) is 5.91 Å². The number of rotatable bonds is 6. The van der Waals surface area contributed by atoms with Crippen molar-refractivity contribution in [1.82, 2.24) is 5.32 Å². The maximum Gasteiger partial charge on any atom is 0.221 e. The summed E-state index contributed by atoms with van der Waals surface area (Å²) in [4.78, 5) is 11.1. The summed E-state index contributed by atoms with van der Waals surface area (Å²) in [6, 6.07) is 0. The largest absolute Gasteiger partial charge is 0.388 e. The van der Waals surface area contributed by atoms with Crippen LogP contribution in [0.2, 0.25) is 0 Å². The monoisotopic (exact) mass is 202 g/mol. The number of nitrogens with one attached hydrogen (secondary N) is 1. The van der Waals surface area contributed by atoms with Crippen molar-refractivity contribution in [2.75, 3.05) is 13.1 Å². The molecule has 4 heteroatoms. The molecule has 0 aliphatic rings. The Morgan fingerprint density at radius 1 is 1.57 bits per heavy atom. The van der Waals surface area contributed by atoms with Gasteiger partial charge in [0.25, 0.3) is 0 Å². The number of nitrogens with two attached hydrogens (primary N) is 1. The second-order valence-electron chi connectivity index (χ2n) is 4.41. The lowest BCUT2D eigenvalue weighted by Gasteiger charge is -2.25. The van der Waals surface area contributed by atoms with Gasteiger partial charge in [0.1, 0.15) is 0 Å². The molecule has 0 aromatic rings. The minimum atomic E-state index is -0.821. The summed E-state index contributed by atoms with van der Waals surface area (Å²) in [5.41, 5.74) is 4.41. The molecule has 0 heterocycles. The predicted octanol–water partition coefficient (Wildman–Crippen LogP) is 0.249. The SMILES string of the molecule is CC(C)CC(C)(O)CNC(=O)CCN. The summed E-state index contributed by atoms with van der Waals surface area (Å²) in [7, 11) is 0. The molecule has 4 N–H and O–H groups in total. The van der Waals surface area contributed by atoms with Crippen LogP contribution in [-0.2, 0) is 4.79 Å². The van der Waals surface area contributed by atoms with Gasteiger partial charge in [-0.3, -0.25) is 4.79 Å². The minimum Gasteiger partial charge on any atom is -0.388 e. The van der Waals surface area contributed by atoms with Crippen molar-refractivity contribution in [3.63, 3.8) is 0 Å². The smallest absolute Gasteiger partial charge is 0.221 e. The Bertz CT molecular complexity index is 179. The second kappa shape index (κ2) is 5.98. The van der Waals surface area contributed by atoms with Gasteiger partial charge in [0.15, 0.2) is 0 Å². The van der Waals surface area contributed by atoms with E-state index in [0.29, 0.717) is 31.8 Å². The summed E-state index contributed by atoms with van der Waals surface area (Å²) in [5.74, 6) is 0.313. The molecular formula is C10H22N2O2. The Morgan fingerprint density at radius 3 is 2.57 bits per heavy atom. The van der Waals surface area contributed by atoms with Crippen LogP contribution in [-0.4, -0.2) is 29.7 Å². The molecular weight excluding hydrogens is 180 g/mol. The highest BCUT2D eigenvalue weighted by Gasteiger charge is 2.22. The van der Waals surface area contributed by atoms with Gasteiger partial charge in [-0.05, 0) is 19.3 Å². The highest BCUT2D eigenvalue weighted by atomic mass is 16.3. The number of aliphatic hydroxyl groups is 1. The number of hydrogen-bond acceptors (Lipinski definition) is 3. The molecule has 0 bridgehead atoms. The van der Waals surface area contributed by atoms with E-state index in [9.17, 15) is 9.90 Å². The number of carbonyl (C=O) groups is 1. The molecule has 0 fully saturated rings. The summed E-state index contributed by atoms with van der Waals surface area (Å²) in [5, 5.41) is 12.5. The lowest BCUT2D eigenvalue weighted by atomic mass is 9.94. The van der Waals surface area contributed by atoms with Gasteiger partial charge >= 0.3 is 0 Å². The Hall–Kier alpha value is -0.610. The lowest BCUT2D eigenvalue weighted by molar-refractivity contribution is -0.122. The van der Waals surface area contributed by atoms with Crippen LogP contribution < -0.4 is 11.1 Å². The van der Waals surface area contributed by atoms with Crippen molar-refractivity contribution in [3.05, 3.63) is 0 Å². The number of hydrogen-bond donors (Lipinski definition) is 3. The van der Waals surface area contributed by atoms with E-state index in [2.05, 4.69) is 5.32 Å². The van der Waals surface area contributed by atoms with E-state index in [1.807, 2.05) is 13.8 Å². The minimum absolute atomic E-state index is 0.100. The van der Waals surface area contributed by atoms with E-state index in [4.69, 9.17) is 5.73 Å². The molecule has 1 amide bonds. The van der Waals surface area contributed by atoms with Crippen LogP contribution in [0.3, 0.4) is 0 Å². The Morgan fingerprint density at radius 2 is 2.14 bits per heavy atom. The highest BCUT2D eigenvalue weighted by Crippen LogP contribution is 2.14. The number of amides is 1. The van der Waals surface area contributed by atoms with Gasteiger partial charge < -0.3 is 16.2 Å². The summed E-state index contributed by atoms with van der Waals surface area (Å²) in [6.45, 7) is 6.45. The fraction of sp³-hybridized carbons (Fsp3) is 0.900. The average Bonchev–Trinajstić information content (AvgIpc) is 1.99. The molecule has 1 atom stereocenters. The van der Waals surface area contributed by atoms with Crippen molar-refractivity contribution >= 4 is 5.91 Å². The first-order valence-electron chi connectivity index (χ1n) is 5.06. The topological polar surface area (TPSA) is 75.3 Å². The molecule has 0 radical (unpaired) electrons. The van der Waals surface area contributed by atoms with Crippen molar-refractivity contribution in [2.45, 2.75) is 39.2 Å². The zero-order valence-electron chi connectivity index (χ0n) is 9.34. The molecule has 0 aliphatic carbocycles. The van der Waals surface area contributed by atoms with Crippen LogP contribution in [0.4, 0.5) is 0 Å². The molecule has 0 saturated carbocycles. The first-order valence-corrected chi connectivity index (χ1v) is 5.06. The Balaban J connectivity index is 3.80. The molecule has 0 aromatic carbocycles. The zero-order chi connectivity index (χ0) is 11.2. The molecule has 0 aliphatic heterocycles. The van der Waals surface area contributed by atoms with Crippen molar-refractivity contribution in [3.8, 4) is 0 Å². The van der Waals surface area contributed by atoms with Crippen LogP contribution in [0.15, 0.2) is 0 Å². The molecule has 14 heavy (non-hydrogen) atoms. The van der Waals surface area contributed by atoms with Gasteiger partial charge in [-0.25, -0.2) is 0 Å². The normalized spacial score (nSPS) is 15.3. The fourth-order valence-corrected chi connectivity index (χ4v) is 1.46. The summed E-state index contributed by atoms with van der Waals surface area (Å²) < 4.78 is 0. The highest BCUT2D eigenvalue weighted by molar-refractivity contribution is 5.76. The van der Waals surface area contributed by atoms with Crippen LogP contribution in [0.1, 0.15) is 33.6 Å². The van der Waals surface area contributed by atoms with E-state index in [1.54, 1.807) is 6.92 Å². The number of carbonyl (C=O) groups excluding carboxylic acids is 1. The first kappa shape index (κ1) is 13.4. The molecule has 1 unspecified atom stereocenters. The van der Waals surface area contributed by atoms with Gasteiger partial charge in [0.05, 0.1) is 5.60 Å². The molecule has 0 saturated heterocycles. The molecule has 0 aromatic heterocycles. The van der Waals surface area contributed by atoms with E-state index >= 15 is 0 Å². The maximum absolute atomic E-state index is 11.1. The van der Waals surface area contributed by atoms with E-state index in [0.717, 1.165) is 0 Å². The van der Waals surface area contributed by atoms with Gasteiger partial charge in [-0.1, -0.05) is 13.8 Å². The maximum atomic E-state index is 11.1. The molecule has 4 nitrogen and oxygen atoms in total. The summed E-state index contributed by atoms with van der Waals surface area (Å²) >= 11 is 0. The fourth-order valence-electron chi connectivity index (χ4n) is 1.46. The Kier molecular flexibility index (Phi) is 5.72. The van der Waals surface area contributed by atoms with Crippen molar-refractivity contribution in [1.29, 1.82) is 0 Å². The molecule has 84 valence electrons. The van der Waals surface area contributed by atoms with Gasteiger partial charge in [-0.15, -0.1) is 0 Å². The van der Waals surface area contributed by atoms with Crippen LogP contribution in [0.25, 0.3) is 0 Å². The molecule has 0 spiro atoms. The van der Waals surface area contributed by atoms with Gasteiger partial charge in [-0.2, -0.15) is 0 Å². The zero-order valence-corrected chi connectivity index (χ0v) is 9.34. The predicted molar refractivity (Wildman–Crippen MR) is 56.8 cm³/mol. The van der Waals surface area contributed by atoms with Gasteiger partial charge in [0.2, 0.25) is 5.91 Å². The average molecular weight is 202 g/mol. The van der Waals surface area contributed by atoms with Gasteiger partial charge in [0, 0.05) is 19.5 Å². The lowest BCUT2D eigenvalue weighted by Crippen LogP contribution is -2.41. The van der Waals surface area contributed by atoms with Crippen molar-refractivity contribution in [2.24, 2.45) is 11.7 Å². The third-order valence-corrected chi connectivity index (χ3v) is 1.89. The quantitative estimate of drug-likeness (QED) is 0.578.